The minimum absolute atomic E-state index is 0.0824. The van der Waals surface area contributed by atoms with Gasteiger partial charge >= 0.3 is 0 Å². The molecule has 0 amide bonds. The third kappa shape index (κ3) is 3.18. The van der Waals surface area contributed by atoms with E-state index in [0.29, 0.717) is 10.0 Å². The van der Waals surface area contributed by atoms with Crippen molar-refractivity contribution in [3.05, 3.63) is 77.1 Å². The van der Waals surface area contributed by atoms with Crippen LogP contribution in [0.25, 0.3) is 0 Å². The molecular weight excluding hydrogens is 398 g/mol. The molecule has 2 aromatic heterocycles. The van der Waals surface area contributed by atoms with E-state index in [-0.39, 0.29) is 17.2 Å². The number of sulfonamides is 1. The summed E-state index contributed by atoms with van der Waals surface area (Å²) in [5, 5.41) is 11.0. The summed E-state index contributed by atoms with van der Waals surface area (Å²) in [5.41, 5.74) is -1.31. The van der Waals surface area contributed by atoms with E-state index in [1.54, 1.807) is 36.4 Å². The van der Waals surface area contributed by atoms with Gasteiger partial charge in [0.15, 0.2) is 5.60 Å². The Morgan fingerprint density at radius 3 is 2.54 bits per heavy atom. The SMILES string of the molecule is O=S(=O)(NC[C@](O)(c1ccoc1)c1ccco1)c1ccccc1Br. The zero-order chi connectivity index (χ0) is 17.2. The molecule has 0 aliphatic heterocycles. The van der Waals surface area contributed by atoms with Gasteiger partial charge in [0.05, 0.1) is 30.2 Å². The van der Waals surface area contributed by atoms with Crippen molar-refractivity contribution in [2.75, 3.05) is 6.54 Å². The van der Waals surface area contributed by atoms with Crippen molar-refractivity contribution in [1.29, 1.82) is 0 Å². The van der Waals surface area contributed by atoms with Gasteiger partial charge in [-0.25, -0.2) is 13.1 Å². The first-order valence-electron chi connectivity index (χ1n) is 6.97. The Morgan fingerprint density at radius 2 is 1.92 bits per heavy atom. The number of hydrogen-bond donors (Lipinski definition) is 2. The summed E-state index contributed by atoms with van der Waals surface area (Å²) in [6.45, 7) is -0.316. The van der Waals surface area contributed by atoms with Gasteiger partial charge in [0.25, 0.3) is 0 Å². The van der Waals surface area contributed by atoms with Crippen LogP contribution in [0.15, 0.2) is 79.5 Å². The van der Waals surface area contributed by atoms with E-state index in [0.717, 1.165) is 0 Å². The largest absolute Gasteiger partial charge is 0.472 e. The topological polar surface area (TPSA) is 92.7 Å². The fraction of sp³-hybridized carbons (Fsp3) is 0.125. The van der Waals surface area contributed by atoms with E-state index < -0.39 is 15.6 Å². The standard InChI is InChI=1S/C16H14BrNO5S/c17-13-4-1-2-5-14(13)24(20,21)18-11-16(19,12-7-9-22-10-12)15-6-3-8-23-15/h1-10,18-19H,11H2/t16-/m0/s1. The molecule has 3 aromatic rings. The predicted molar refractivity (Wildman–Crippen MR) is 89.7 cm³/mol. The molecule has 0 radical (unpaired) electrons. The molecule has 2 heterocycles. The van der Waals surface area contributed by atoms with E-state index in [4.69, 9.17) is 8.83 Å². The van der Waals surface area contributed by atoms with Gasteiger partial charge in [-0.3, -0.25) is 0 Å². The summed E-state index contributed by atoms with van der Waals surface area (Å²) in [6, 6.07) is 11.2. The van der Waals surface area contributed by atoms with Crippen LogP contribution in [0.4, 0.5) is 0 Å². The molecule has 0 saturated heterocycles. The van der Waals surface area contributed by atoms with Gasteiger partial charge in [-0.2, -0.15) is 0 Å². The summed E-state index contributed by atoms with van der Waals surface area (Å²) < 4.78 is 38.2. The molecule has 0 fully saturated rings. The van der Waals surface area contributed by atoms with Crippen LogP contribution in [-0.4, -0.2) is 20.1 Å². The average molecular weight is 412 g/mol. The van der Waals surface area contributed by atoms with Crippen molar-refractivity contribution in [1.82, 2.24) is 4.72 Å². The first-order valence-corrected chi connectivity index (χ1v) is 9.24. The lowest BCUT2D eigenvalue weighted by Crippen LogP contribution is -2.41. The molecule has 0 bridgehead atoms. The normalized spacial score (nSPS) is 14.4. The third-order valence-electron chi connectivity index (χ3n) is 3.57. The first kappa shape index (κ1) is 17.0. The molecule has 126 valence electrons. The van der Waals surface area contributed by atoms with E-state index >= 15 is 0 Å². The summed E-state index contributed by atoms with van der Waals surface area (Å²) in [6.07, 6.45) is 4.14. The highest BCUT2D eigenvalue weighted by molar-refractivity contribution is 9.10. The molecule has 1 atom stereocenters. The van der Waals surface area contributed by atoms with E-state index in [1.165, 1.54) is 24.9 Å². The van der Waals surface area contributed by atoms with Crippen LogP contribution in [0.5, 0.6) is 0 Å². The summed E-state index contributed by atoms with van der Waals surface area (Å²) in [5.74, 6) is 0.207. The quantitative estimate of drug-likeness (QED) is 0.650. The summed E-state index contributed by atoms with van der Waals surface area (Å²) in [4.78, 5) is 0.0824. The van der Waals surface area contributed by atoms with Crippen LogP contribution in [0.2, 0.25) is 0 Å². The molecule has 0 aliphatic carbocycles. The van der Waals surface area contributed by atoms with Gasteiger partial charge in [-0.1, -0.05) is 12.1 Å². The molecule has 24 heavy (non-hydrogen) atoms. The predicted octanol–water partition coefficient (Wildman–Crippen LogP) is 2.85. The Morgan fingerprint density at radius 1 is 1.12 bits per heavy atom. The monoisotopic (exact) mass is 411 g/mol. The summed E-state index contributed by atoms with van der Waals surface area (Å²) >= 11 is 3.21. The second-order valence-electron chi connectivity index (χ2n) is 5.10. The number of aliphatic hydroxyl groups is 1. The van der Waals surface area contributed by atoms with Gasteiger partial charge in [0.2, 0.25) is 10.0 Å². The maximum Gasteiger partial charge on any atom is 0.241 e. The van der Waals surface area contributed by atoms with Gasteiger partial charge < -0.3 is 13.9 Å². The van der Waals surface area contributed by atoms with Gasteiger partial charge in [0.1, 0.15) is 5.76 Å². The van der Waals surface area contributed by atoms with Crippen molar-refractivity contribution in [2.45, 2.75) is 10.5 Å². The number of furan rings is 2. The molecule has 0 spiro atoms. The third-order valence-corrected chi connectivity index (χ3v) is 5.99. The Balaban J connectivity index is 1.92. The Bertz CT molecular complexity index is 870. The van der Waals surface area contributed by atoms with Crippen molar-refractivity contribution in [2.24, 2.45) is 0 Å². The number of benzene rings is 1. The summed E-state index contributed by atoms with van der Waals surface area (Å²) in [7, 11) is -3.84. The van der Waals surface area contributed by atoms with Crippen LogP contribution >= 0.6 is 15.9 Å². The Hall–Kier alpha value is -1.87. The molecule has 0 saturated carbocycles. The molecule has 8 heteroatoms. The Labute approximate surface area is 147 Å². The zero-order valence-corrected chi connectivity index (χ0v) is 14.7. The fourth-order valence-electron chi connectivity index (χ4n) is 2.29. The van der Waals surface area contributed by atoms with Gasteiger partial charge in [-0.15, -0.1) is 0 Å². The number of nitrogens with one attached hydrogen (secondary N) is 1. The first-order chi connectivity index (χ1) is 11.4. The zero-order valence-electron chi connectivity index (χ0n) is 12.3. The minimum atomic E-state index is -3.84. The van der Waals surface area contributed by atoms with Crippen LogP contribution < -0.4 is 4.72 Å². The minimum Gasteiger partial charge on any atom is -0.472 e. The van der Waals surface area contributed by atoms with Crippen molar-refractivity contribution in [3.63, 3.8) is 0 Å². The van der Waals surface area contributed by atoms with Gasteiger partial charge in [-0.05, 0) is 46.3 Å². The maximum atomic E-state index is 12.5. The molecular formula is C16H14BrNO5S. The van der Waals surface area contributed by atoms with Crippen LogP contribution in [0.1, 0.15) is 11.3 Å². The lowest BCUT2D eigenvalue weighted by molar-refractivity contribution is 0.0613. The molecule has 2 N–H and O–H groups in total. The van der Waals surface area contributed by atoms with Crippen molar-refractivity contribution < 1.29 is 22.4 Å². The van der Waals surface area contributed by atoms with Gasteiger partial charge in [0, 0.05) is 10.0 Å². The van der Waals surface area contributed by atoms with Crippen LogP contribution in [-0.2, 0) is 15.6 Å². The highest BCUT2D eigenvalue weighted by atomic mass is 79.9. The number of hydrogen-bond acceptors (Lipinski definition) is 5. The second kappa shape index (κ2) is 6.56. The molecule has 0 unspecified atom stereocenters. The Kier molecular flexibility index (Phi) is 4.64. The van der Waals surface area contributed by atoms with Crippen molar-refractivity contribution >= 4 is 26.0 Å². The maximum absolute atomic E-state index is 12.5. The fourth-order valence-corrected chi connectivity index (χ4v) is 4.35. The highest BCUT2D eigenvalue weighted by Gasteiger charge is 2.37. The molecule has 0 aliphatic rings. The van der Waals surface area contributed by atoms with Crippen molar-refractivity contribution in [3.8, 4) is 0 Å². The molecule has 1 aromatic carbocycles. The van der Waals surface area contributed by atoms with Crippen LogP contribution in [0.3, 0.4) is 0 Å². The second-order valence-corrected chi connectivity index (χ2v) is 7.69. The smallest absolute Gasteiger partial charge is 0.241 e. The lowest BCUT2D eigenvalue weighted by atomic mass is 9.94. The average Bonchev–Trinajstić information content (AvgIpc) is 3.26. The number of rotatable bonds is 6. The van der Waals surface area contributed by atoms with E-state index in [2.05, 4.69) is 20.7 Å². The van der Waals surface area contributed by atoms with Crippen LogP contribution in [0, 0.1) is 0 Å². The lowest BCUT2D eigenvalue weighted by Gasteiger charge is -2.25. The highest BCUT2D eigenvalue weighted by Crippen LogP contribution is 2.30. The molecule has 6 nitrogen and oxygen atoms in total. The van der Waals surface area contributed by atoms with E-state index in [1.807, 2.05) is 0 Å². The molecule has 3 rings (SSSR count). The number of halogens is 1. The van der Waals surface area contributed by atoms with E-state index in [9.17, 15) is 13.5 Å².